The van der Waals surface area contributed by atoms with Crippen LogP contribution in [0.15, 0.2) is 34.4 Å². The van der Waals surface area contributed by atoms with Crippen LogP contribution in [-0.2, 0) is 0 Å². The third-order valence-corrected chi connectivity index (χ3v) is 2.98. The Morgan fingerprint density at radius 2 is 2.07 bits per heavy atom. The molecule has 3 nitrogen and oxygen atoms in total. The first-order valence-corrected chi connectivity index (χ1v) is 5.48. The van der Waals surface area contributed by atoms with E-state index in [2.05, 4.69) is 4.98 Å². The molecule has 76 valence electrons. The minimum absolute atomic E-state index is 0.260. The monoisotopic (exact) mass is 237 g/mol. The Kier molecular flexibility index (Phi) is 2.66. The molecule has 0 aliphatic heterocycles. The molecule has 0 unspecified atom stereocenters. The SMILES string of the molecule is O=c1ccccc(-c2csc(=S)[nH]2)c1O. The van der Waals surface area contributed by atoms with E-state index in [1.807, 2.05) is 0 Å². The molecule has 1 heterocycles. The van der Waals surface area contributed by atoms with E-state index in [0.29, 0.717) is 15.2 Å². The summed E-state index contributed by atoms with van der Waals surface area (Å²) < 4.78 is 0.614. The van der Waals surface area contributed by atoms with Crippen molar-refractivity contribution in [3.8, 4) is 17.0 Å². The van der Waals surface area contributed by atoms with Crippen LogP contribution in [-0.4, -0.2) is 10.1 Å². The molecule has 1 aromatic heterocycles. The summed E-state index contributed by atoms with van der Waals surface area (Å²) in [7, 11) is 0. The number of aromatic nitrogens is 1. The second kappa shape index (κ2) is 3.96. The highest BCUT2D eigenvalue weighted by molar-refractivity contribution is 7.73. The Bertz CT molecular complexity index is 601. The van der Waals surface area contributed by atoms with E-state index < -0.39 is 5.43 Å². The maximum atomic E-state index is 11.3. The van der Waals surface area contributed by atoms with Gasteiger partial charge in [-0.2, -0.15) is 0 Å². The van der Waals surface area contributed by atoms with Gasteiger partial charge in [0, 0.05) is 10.9 Å². The zero-order chi connectivity index (χ0) is 10.8. The van der Waals surface area contributed by atoms with Gasteiger partial charge in [0.05, 0.1) is 5.69 Å². The van der Waals surface area contributed by atoms with E-state index in [1.165, 1.54) is 17.4 Å². The lowest BCUT2D eigenvalue weighted by Crippen LogP contribution is -1.94. The molecule has 0 saturated heterocycles. The van der Waals surface area contributed by atoms with Gasteiger partial charge in [-0.05, 0) is 24.4 Å². The van der Waals surface area contributed by atoms with Gasteiger partial charge in [0.15, 0.2) is 9.70 Å². The fourth-order valence-electron chi connectivity index (χ4n) is 1.21. The lowest BCUT2D eigenvalue weighted by Gasteiger charge is -1.95. The Morgan fingerprint density at radius 3 is 2.73 bits per heavy atom. The summed E-state index contributed by atoms with van der Waals surface area (Å²) >= 11 is 6.29. The average Bonchev–Trinajstić information content (AvgIpc) is 2.56. The molecule has 0 radical (unpaired) electrons. The Labute approximate surface area is 94.7 Å². The van der Waals surface area contributed by atoms with E-state index in [1.54, 1.807) is 23.6 Å². The molecule has 0 atom stereocenters. The zero-order valence-electron chi connectivity index (χ0n) is 7.56. The van der Waals surface area contributed by atoms with Gasteiger partial charge in [-0.3, -0.25) is 4.79 Å². The molecule has 2 rings (SSSR count). The van der Waals surface area contributed by atoms with Crippen LogP contribution >= 0.6 is 23.6 Å². The predicted octanol–water partition coefficient (Wildman–Crippen LogP) is 2.54. The number of aromatic hydroxyl groups is 1. The summed E-state index contributed by atoms with van der Waals surface area (Å²) in [5.41, 5.74) is 0.730. The van der Waals surface area contributed by atoms with Crippen LogP contribution in [0.25, 0.3) is 11.3 Å². The molecule has 0 bridgehead atoms. The van der Waals surface area contributed by atoms with Crippen molar-refractivity contribution >= 4 is 23.6 Å². The van der Waals surface area contributed by atoms with Gasteiger partial charge >= 0.3 is 0 Å². The van der Waals surface area contributed by atoms with E-state index in [0.717, 1.165) is 0 Å². The number of thiazole rings is 1. The molecule has 2 aromatic rings. The lowest BCUT2D eigenvalue weighted by atomic mass is 10.2. The number of nitrogens with one attached hydrogen (secondary N) is 1. The smallest absolute Gasteiger partial charge is 0.220 e. The van der Waals surface area contributed by atoms with E-state index in [9.17, 15) is 9.90 Å². The first kappa shape index (κ1) is 10.1. The summed E-state index contributed by atoms with van der Waals surface area (Å²) in [6, 6.07) is 6.28. The van der Waals surface area contributed by atoms with Crippen molar-refractivity contribution in [3.05, 3.63) is 43.8 Å². The molecule has 2 N–H and O–H groups in total. The molecule has 0 saturated carbocycles. The largest absolute Gasteiger partial charge is 0.504 e. The van der Waals surface area contributed by atoms with Crippen LogP contribution in [0.1, 0.15) is 0 Å². The maximum absolute atomic E-state index is 11.3. The number of H-pyrrole nitrogens is 1. The van der Waals surface area contributed by atoms with Crippen molar-refractivity contribution in [1.82, 2.24) is 4.98 Å². The molecule has 1 aromatic carbocycles. The molecule has 15 heavy (non-hydrogen) atoms. The van der Waals surface area contributed by atoms with Crippen molar-refractivity contribution in [3.63, 3.8) is 0 Å². The highest BCUT2D eigenvalue weighted by Gasteiger charge is 2.06. The van der Waals surface area contributed by atoms with Crippen molar-refractivity contribution in [2.75, 3.05) is 0 Å². The number of hydrogen-bond acceptors (Lipinski definition) is 4. The van der Waals surface area contributed by atoms with Crippen LogP contribution in [0.4, 0.5) is 0 Å². The predicted molar refractivity (Wildman–Crippen MR) is 62.9 cm³/mol. The van der Waals surface area contributed by atoms with Crippen LogP contribution in [0, 0.1) is 3.95 Å². The quantitative estimate of drug-likeness (QED) is 0.749. The molecule has 0 aliphatic rings. The second-order valence-corrected chi connectivity index (χ2v) is 4.45. The van der Waals surface area contributed by atoms with Gasteiger partial charge in [0.25, 0.3) is 0 Å². The number of rotatable bonds is 1. The van der Waals surface area contributed by atoms with Crippen LogP contribution in [0.2, 0.25) is 0 Å². The van der Waals surface area contributed by atoms with Crippen molar-refractivity contribution in [1.29, 1.82) is 0 Å². The summed E-state index contributed by atoms with van der Waals surface area (Å²) in [6.45, 7) is 0. The third kappa shape index (κ3) is 1.98. The molecule has 0 spiro atoms. The lowest BCUT2D eigenvalue weighted by molar-refractivity contribution is 0.473. The van der Waals surface area contributed by atoms with Crippen molar-refractivity contribution in [2.45, 2.75) is 0 Å². The minimum atomic E-state index is -0.402. The number of hydrogen-bond donors (Lipinski definition) is 2. The van der Waals surface area contributed by atoms with Gasteiger partial charge in [0.1, 0.15) is 0 Å². The summed E-state index contributed by atoms with van der Waals surface area (Å²) in [6.07, 6.45) is 0. The maximum Gasteiger partial charge on any atom is 0.220 e. The fourth-order valence-corrected chi connectivity index (χ4v) is 2.05. The van der Waals surface area contributed by atoms with Gasteiger partial charge in [-0.15, -0.1) is 11.3 Å². The molecule has 0 amide bonds. The Balaban J connectivity index is 2.75. The number of aromatic amines is 1. The highest BCUT2D eigenvalue weighted by Crippen LogP contribution is 2.25. The Hall–Kier alpha value is -1.46. The normalized spacial score (nSPS) is 10.1. The van der Waals surface area contributed by atoms with E-state index >= 15 is 0 Å². The van der Waals surface area contributed by atoms with E-state index in [4.69, 9.17) is 12.2 Å². The van der Waals surface area contributed by atoms with Gasteiger partial charge in [-0.1, -0.05) is 12.1 Å². The first-order chi connectivity index (χ1) is 7.18. The minimum Gasteiger partial charge on any atom is -0.504 e. The zero-order valence-corrected chi connectivity index (χ0v) is 9.19. The molecule has 0 fully saturated rings. The molecular formula is C10H7NO2S2. The highest BCUT2D eigenvalue weighted by atomic mass is 32.1. The first-order valence-electron chi connectivity index (χ1n) is 4.19. The van der Waals surface area contributed by atoms with Crippen molar-refractivity contribution in [2.24, 2.45) is 0 Å². The standard InChI is InChI=1S/C10H7NO2S2/c12-8-4-2-1-3-6(9(8)13)7-5-15-10(14)11-7/h1-5H,(H,11,14)(H,12,13). The second-order valence-electron chi connectivity index (χ2n) is 2.91. The van der Waals surface area contributed by atoms with Crippen LogP contribution in [0.3, 0.4) is 0 Å². The average molecular weight is 237 g/mol. The van der Waals surface area contributed by atoms with Crippen molar-refractivity contribution < 1.29 is 5.11 Å². The van der Waals surface area contributed by atoms with Gasteiger partial charge < -0.3 is 10.1 Å². The summed E-state index contributed by atoms with van der Waals surface area (Å²) in [5, 5.41) is 11.4. The van der Waals surface area contributed by atoms with Crippen LogP contribution < -0.4 is 5.43 Å². The topological polar surface area (TPSA) is 53.1 Å². The third-order valence-electron chi connectivity index (χ3n) is 1.92. The fraction of sp³-hybridized carbons (Fsp3) is 0. The van der Waals surface area contributed by atoms with Gasteiger partial charge in [-0.25, -0.2) is 0 Å². The summed E-state index contributed by atoms with van der Waals surface area (Å²) in [4.78, 5) is 14.2. The van der Waals surface area contributed by atoms with Gasteiger partial charge in [0.2, 0.25) is 5.43 Å². The molecule has 0 aliphatic carbocycles. The van der Waals surface area contributed by atoms with E-state index in [-0.39, 0.29) is 5.75 Å². The molecule has 5 heteroatoms. The summed E-state index contributed by atoms with van der Waals surface area (Å²) in [5.74, 6) is -0.260. The molecular weight excluding hydrogens is 230 g/mol. The van der Waals surface area contributed by atoms with Crippen LogP contribution in [0.5, 0.6) is 5.75 Å². The Morgan fingerprint density at radius 1 is 1.33 bits per heavy atom.